The van der Waals surface area contributed by atoms with Gasteiger partial charge in [0.05, 0.1) is 18.5 Å². The number of rotatable bonds is 6. The summed E-state index contributed by atoms with van der Waals surface area (Å²) in [5.41, 5.74) is 1.06. The van der Waals surface area contributed by atoms with Crippen molar-refractivity contribution in [3.8, 4) is 0 Å². The van der Waals surface area contributed by atoms with Gasteiger partial charge in [-0.1, -0.05) is 18.2 Å². The Morgan fingerprint density at radius 2 is 1.90 bits per heavy atom. The maximum absolute atomic E-state index is 12.3. The van der Waals surface area contributed by atoms with Gasteiger partial charge in [-0.15, -0.1) is 11.3 Å². The third-order valence-corrected chi connectivity index (χ3v) is 4.08. The van der Waals surface area contributed by atoms with Crippen LogP contribution >= 0.6 is 11.3 Å². The Kier molecular flexibility index (Phi) is 5.11. The Labute approximate surface area is 127 Å². The fraction of sp³-hybridized carbons (Fsp3) is 0.250. The molecule has 0 aliphatic rings. The molecule has 0 bridgehead atoms. The molecule has 2 rings (SSSR count). The minimum Gasteiger partial charge on any atom is -0.478 e. The van der Waals surface area contributed by atoms with Gasteiger partial charge in [-0.3, -0.25) is 4.79 Å². The number of hydrogen-bond acceptors (Lipinski definition) is 3. The first-order valence-electron chi connectivity index (χ1n) is 6.72. The summed E-state index contributed by atoms with van der Waals surface area (Å²) >= 11 is 1.64. The van der Waals surface area contributed by atoms with Crippen molar-refractivity contribution in [2.75, 3.05) is 6.54 Å². The van der Waals surface area contributed by atoms with Crippen molar-refractivity contribution in [3.05, 3.63) is 57.8 Å². The lowest BCUT2D eigenvalue weighted by atomic mass is 10.1. The van der Waals surface area contributed by atoms with Gasteiger partial charge in [-0.25, -0.2) is 4.79 Å². The summed E-state index contributed by atoms with van der Waals surface area (Å²) in [6.45, 7) is 3.24. The molecule has 5 heteroatoms. The number of likely N-dealkylation sites (N-methyl/N-ethyl adjacent to an activating group) is 1. The molecule has 21 heavy (non-hydrogen) atoms. The van der Waals surface area contributed by atoms with Gasteiger partial charge in [0.1, 0.15) is 0 Å². The lowest BCUT2D eigenvalue weighted by Gasteiger charge is -2.20. The molecule has 0 fully saturated rings. The zero-order chi connectivity index (χ0) is 15.2. The first-order valence-corrected chi connectivity index (χ1v) is 7.60. The van der Waals surface area contributed by atoms with Crippen LogP contribution in [-0.4, -0.2) is 28.4 Å². The van der Waals surface area contributed by atoms with E-state index in [0.717, 1.165) is 10.4 Å². The van der Waals surface area contributed by atoms with Crippen LogP contribution in [0.4, 0.5) is 0 Å². The van der Waals surface area contributed by atoms with Crippen molar-refractivity contribution in [2.45, 2.75) is 19.9 Å². The second-order valence-corrected chi connectivity index (χ2v) is 5.70. The van der Waals surface area contributed by atoms with E-state index in [0.29, 0.717) is 19.5 Å². The molecule has 0 spiro atoms. The summed E-state index contributed by atoms with van der Waals surface area (Å²) in [4.78, 5) is 26.1. The molecule has 1 aromatic carbocycles. The number of hydrogen-bond donors (Lipinski definition) is 1. The third-order valence-electron chi connectivity index (χ3n) is 3.22. The number of thiophene rings is 1. The topological polar surface area (TPSA) is 57.6 Å². The van der Waals surface area contributed by atoms with Crippen molar-refractivity contribution in [2.24, 2.45) is 0 Å². The zero-order valence-electron chi connectivity index (χ0n) is 11.8. The van der Waals surface area contributed by atoms with Crippen LogP contribution in [0.15, 0.2) is 41.8 Å². The second kappa shape index (κ2) is 7.04. The molecule has 1 aromatic heterocycles. The molecule has 0 unspecified atom stereocenters. The molecule has 0 atom stereocenters. The molecule has 1 heterocycles. The van der Waals surface area contributed by atoms with Crippen molar-refractivity contribution in [1.29, 1.82) is 0 Å². The number of carboxylic acids is 1. The number of carbonyl (C=O) groups excluding carboxylic acids is 1. The van der Waals surface area contributed by atoms with E-state index in [1.54, 1.807) is 28.4 Å². The molecule has 1 amide bonds. The van der Waals surface area contributed by atoms with Gasteiger partial charge in [0.2, 0.25) is 5.91 Å². The fourth-order valence-electron chi connectivity index (χ4n) is 2.02. The third kappa shape index (κ3) is 4.16. The van der Waals surface area contributed by atoms with E-state index < -0.39 is 5.97 Å². The Bertz CT molecular complexity index is 605. The smallest absolute Gasteiger partial charge is 0.335 e. The maximum atomic E-state index is 12.3. The minimum absolute atomic E-state index is 0.0500. The van der Waals surface area contributed by atoms with Gasteiger partial charge < -0.3 is 10.0 Å². The van der Waals surface area contributed by atoms with Gasteiger partial charge in [-0.2, -0.15) is 0 Å². The highest BCUT2D eigenvalue weighted by Gasteiger charge is 2.13. The Hall–Kier alpha value is -2.14. The molecule has 0 aliphatic carbocycles. The van der Waals surface area contributed by atoms with Crippen LogP contribution < -0.4 is 0 Å². The SMILES string of the molecule is CCN(Cc1cccs1)C(=O)Cc1ccc(C(=O)O)cc1. The Morgan fingerprint density at radius 1 is 1.19 bits per heavy atom. The first-order chi connectivity index (χ1) is 10.1. The van der Waals surface area contributed by atoms with Gasteiger partial charge in [0.15, 0.2) is 0 Å². The first kappa shape index (κ1) is 15.3. The van der Waals surface area contributed by atoms with E-state index in [4.69, 9.17) is 5.11 Å². The molecule has 4 nitrogen and oxygen atoms in total. The normalized spacial score (nSPS) is 10.3. The summed E-state index contributed by atoms with van der Waals surface area (Å²) in [5, 5.41) is 10.9. The van der Waals surface area contributed by atoms with E-state index >= 15 is 0 Å². The van der Waals surface area contributed by atoms with E-state index in [-0.39, 0.29) is 11.5 Å². The molecule has 0 saturated carbocycles. The van der Waals surface area contributed by atoms with Gasteiger partial charge in [0, 0.05) is 11.4 Å². The molecule has 110 valence electrons. The van der Waals surface area contributed by atoms with Crippen LogP contribution in [0.1, 0.15) is 27.7 Å². The van der Waals surface area contributed by atoms with Crippen LogP contribution in [0.5, 0.6) is 0 Å². The monoisotopic (exact) mass is 303 g/mol. The van der Waals surface area contributed by atoms with E-state index in [2.05, 4.69) is 0 Å². The lowest BCUT2D eigenvalue weighted by Crippen LogP contribution is -2.31. The average molecular weight is 303 g/mol. The summed E-state index contributed by atoms with van der Waals surface area (Å²) in [5.74, 6) is -0.908. The van der Waals surface area contributed by atoms with E-state index in [9.17, 15) is 9.59 Å². The highest BCUT2D eigenvalue weighted by atomic mass is 32.1. The van der Waals surface area contributed by atoms with E-state index in [1.807, 2.05) is 24.4 Å². The number of carboxylic acid groups (broad SMARTS) is 1. The number of benzene rings is 1. The standard InChI is InChI=1S/C16H17NO3S/c1-2-17(11-14-4-3-9-21-14)15(18)10-12-5-7-13(8-6-12)16(19)20/h3-9H,2,10-11H2,1H3,(H,19,20). The predicted molar refractivity (Wildman–Crippen MR) is 82.5 cm³/mol. The van der Waals surface area contributed by atoms with Crippen LogP contribution in [0.3, 0.4) is 0 Å². The molecule has 2 aromatic rings. The number of carbonyl (C=O) groups is 2. The van der Waals surface area contributed by atoms with Crippen LogP contribution in [0, 0.1) is 0 Å². The van der Waals surface area contributed by atoms with Gasteiger partial charge in [-0.05, 0) is 36.1 Å². The minimum atomic E-state index is -0.958. The van der Waals surface area contributed by atoms with Crippen molar-refractivity contribution in [1.82, 2.24) is 4.90 Å². The van der Waals surface area contributed by atoms with Gasteiger partial charge >= 0.3 is 5.97 Å². The van der Waals surface area contributed by atoms with Crippen LogP contribution in [0.25, 0.3) is 0 Å². The highest BCUT2D eigenvalue weighted by Crippen LogP contribution is 2.13. The summed E-state index contributed by atoms with van der Waals surface area (Å²) < 4.78 is 0. The van der Waals surface area contributed by atoms with Crippen molar-refractivity contribution >= 4 is 23.2 Å². The number of nitrogens with zero attached hydrogens (tertiary/aromatic N) is 1. The number of amides is 1. The van der Waals surface area contributed by atoms with Crippen molar-refractivity contribution < 1.29 is 14.7 Å². The predicted octanol–water partition coefficient (Wildman–Crippen LogP) is 3.04. The molecule has 0 aliphatic heterocycles. The van der Waals surface area contributed by atoms with Crippen LogP contribution in [-0.2, 0) is 17.8 Å². The fourth-order valence-corrected chi connectivity index (χ4v) is 2.74. The summed E-state index contributed by atoms with van der Waals surface area (Å²) in [7, 11) is 0. The molecule has 0 radical (unpaired) electrons. The van der Waals surface area contributed by atoms with Gasteiger partial charge in [0.25, 0.3) is 0 Å². The quantitative estimate of drug-likeness (QED) is 0.892. The van der Waals surface area contributed by atoms with Crippen molar-refractivity contribution in [3.63, 3.8) is 0 Å². The Morgan fingerprint density at radius 3 is 2.43 bits per heavy atom. The average Bonchev–Trinajstić information content (AvgIpc) is 2.98. The Balaban J connectivity index is 2.00. The zero-order valence-corrected chi connectivity index (χ0v) is 12.6. The molecular formula is C16H17NO3S. The largest absolute Gasteiger partial charge is 0.478 e. The molecule has 0 saturated heterocycles. The maximum Gasteiger partial charge on any atom is 0.335 e. The second-order valence-electron chi connectivity index (χ2n) is 4.67. The summed E-state index contributed by atoms with van der Waals surface area (Å²) in [6, 6.07) is 10.4. The highest BCUT2D eigenvalue weighted by molar-refractivity contribution is 7.09. The number of aromatic carboxylic acids is 1. The van der Waals surface area contributed by atoms with E-state index in [1.165, 1.54) is 12.1 Å². The summed E-state index contributed by atoms with van der Waals surface area (Å²) in [6.07, 6.45) is 0.291. The van der Waals surface area contributed by atoms with Crippen LogP contribution in [0.2, 0.25) is 0 Å². The molecular weight excluding hydrogens is 286 g/mol. The lowest BCUT2D eigenvalue weighted by molar-refractivity contribution is -0.130. The molecule has 1 N–H and O–H groups in total.